The van der Waals surface area contributed by atoms with Crippen molar-refractivity contribution >= 4 is 13.8 Å². The summed E-state index contributed by atoms with van der Waals surface area (Å²) in [5.74, 6) is -0.375. The Morgan fingerprint density at radius 1 is 0.491 bits per heavy atom. The molecule has 0 saturated heterocycles. The van der Waals surface area contributed by atoms with E-state index in [1.54, 1.807) is 0 Å². The van der Waals surface area contributed by atoms with Crippen molar-refractivity contribution in [2.45, 2.75) is 251 Å². The predicted octanol–water partition coefficient (Wildman–Crippen LogP) is 13.1. The van der Waals surface area contributed by atoms with E-state index in [9.17, 15) is 19.4 Å². The van der Waals surface area contributed by atoms with Gasteiger partial charge in [-0.05, 0) is 12.8 Å². The van der Waals surface area contributed by atoms with E-state index in [0.29, 0.717) is 6.61 Å². The number of aliphatic hydroxyl groups is 2. The summed E-state index contributed by atoms with van der Waals surface area (Å²) < 4.78 is 33.4. The van der Waals surface area contributed by atoms with Crippen molar-refractivity contribution in [3.8, 4) is 0 Å². The van der Waals surface area contributed by atoms with Crippen LogP contribution in [0.1, 0.15) is 239 Å². The summed E-state index contributed by atoms with van der Waals surface area (Å²) in [7, 11) is -4.51. The van der Waals surface area contributed by atoms with E-state index in [1.807, 2.05) is 0 Å². The van der Waals surface area contributed by atoms with Crippen molar-refractivity contribution in [2.24, 2.45) is 0 Å². The lowest BCUT2D eigenvalue weighted by Crippen LogP contribution is -2.29. The Kier molecular flexibility index (Phi) is 42.6. The molecule has 0 aromatic rings. The molecule has 0 aliphatic carbocycles. The second-order valence-corrected chi connectivity index (χ2v) is 17.6. The average molecular weight is 807 g/mol. The van der Waals surface area contributed by atoms with Crippen LogP contribution in [0.25, 0.3) is 0 Å². The summed E-state index contributed by atoms with van der Waals surface area (Å²) in [6.45, 7) is 3.58. The topological polar surface area (TPSA) is 132 Å². The van der Waals surface area contributed by atoms with E-state index in [0.717, 1.165) is 32.1 Å². The monoisotopic (exact) mass is 807 g/mol. The van der Waals surface area contributed by atoms with E-state index in [1.165, 1.54) is 186 Å². The standard InChI is InChI=1S/C45H91O9P/c1-3-5-7-9-11-13-15-17-18-19-20-21-22-23-24-25-26-27-29-31-33-35-37-45(48)54-44(42-53-55(49,50)52-40-43(47)39-46)41-51-38-36-34-32-30-28-16-14-12-10-8-6-4-2/h43-44,46-47H,3-42H2,1-2H3,(H,49,50). The molecule has 10 heteroatoms. The molecule has 55 heavy (non-hydrogen) atoms. The molecule has 0 heterocycles. The fourth-order valence-corrected chi connectivity index (χ4v) is 7.74. The van der Waals surface area contributed by atoms with Gasteiger partial charge in [-0.1, -0.05) is 219 Å². The number of carbonyl (C=O) groups excluding carboxylic acids is 1. The van der Waals surface area contributed by atoms with Gasteiger partial charge in [-0.2, -0.15) is 0 Å². The number of hydrogen-bond acceptors (Lipinski definition) is 8. The van der Waals surface area contributed by atoms with Crippen molar-refractivity contribution in [3.63, 3.8) is 0 Å². The molecule has 0 aromatic heterocycles. The van der Waals surface area contributed by atoms with E-state index in [-0.39, 0.29) is 25.6 Å². The molecular weight excluding hydrogens is 715 g/mol. The average Bonchev–Trinajstić information content (AvgIpc) is 3.18. The highest BCUT2D eigenvalue weighted by atomic mass is 31.2. The minimum atomic E-state index is -4.51. The van der Waals surface area contributed by atoms with Crippen LogP contribution in [0.4, 0.5) is 0 Å². The number of esters is 1. The molecule has 0 aromatic carbocycles. The largest absolute Gasteiger partial charge is 0.472 e. The number of rotatable bonds is 46. The van der Waals surface area contributed by atoms with Gasteiger partial charge >= 0.3 is 13.8 Å². The highest BCUT2D eigenvalue weighted by Crippen LogP contribution is 2.43. The van der Waals surface area contributed by atoms with Gasteiger partial charge in [0.05, 0.1) is 26.4 Å². The van der Waals surface area contributed by atoms with Crippen LogP contribution in [-0.4, -0.2) is 66.3 Å². The maximum absolute atomic E-state index is 12.6. The molecule has 0 radical (unpaired) electrons. The molecule has 3 N–H and O–H groups in total. The molecule has 0 bridgehead atoms. The smallest absolute Gasteiger partial charge is 0.457 e. The van der Waals surface area contributed by atoms with Crippen molar-refractivity contribution in [1.29, 1.82) is 0 Å². The third-order valence-corrected chi connectivity index (χ3v) is 11.5. The van der Waals surface area contributed by atoms with E-state index in [2.05, 4.69) is 13.8 Å². The minimum absolute atomic E-state index is 0.0579. The maximum atomic E-state index is 12.6. The third-order valence-electron chi connectivity index (χ3n) is 10.5. The summed E-state index contributed by atoms with van der Waals surface area (Å²) in [5.41, 5.74) is 0. The Bertz CT molecular complexity index is 830. The fraction of sp³-hybridized carbons (Fsp3) is 0.978. The molecule has 9 nitrogen and oxygen atoms in total. The summed E-state index contributed by atoms with van der Waals surface area (Å²) in [5, 5.41) is 18.3. The Labute approximate surface area is 339 Å². The predicted molar refractivity (Wildman–Crippen MR) is 228 cm³/mol. The van der Waals surface area contributed by atoms with Crippen LogP contribution in [0.5, 0.6) is 0 Å². The number of unbranched alkanes of at least 4 members (excludes halogenated alkanes) is 32. The number of ether oxygens (including phenoxy) is 2. The molecule has 3 atom stereocenters. The third kappa shape index (κ3) is 42.9. The summed E-state index contributed by atoms with van der Waals surface area (Å²) in [6.07, 6.45) is 42.1. The van der Waals surface area contributed by atoms with Crippen molar-refractivity contribution < 1.29 is 43.0 Å². The van der Waals surface area contributed by atoms with E-state index < -0.39 is 33.2 Å². The van der Waals surface area contributed by atoms with Gasteiger partial charge in [0.15, 0.2) is 0 Å². The van der Waals surface area contributed by atoms with Crippen LogP contribution in [-0.2, 0) is 27.9 Å². The Balaban J connectivity index is 4.00. The maximum Gasteiger partial charge on any atom is 0.472 e. The first-order chi connectivity index (χ1) is 26.8. The number of phosphoric ester groups is 1. The van der Waals surface area contributed by atoms with Gasteiger partial charge in [0.1, 0.15) is 12.2 Å². The molecule has 0 spiro atoms. The van der Waals surface area contributed by atoms with E-state index >= 15 is 0 Å². The van der Waals surface area contributed by atoms with Gasteiger partial charge in [-0.15, -0.1) is 0 Å². The lowest BCUT2D eigenvalue weighted by atomic mass is 10.0. The Morgan fingerprint density at radius 2 is 0.818 bits per heavy atom. The van der Waals surface area contributed by atoms with Gasteiger partial charge in [0, 0.05) is 13.0 Å². The zero-order chi connectivity index (χ0) is 40.3. The lowest BCUT2D eigenvalue weighted by molar-refractivity contribution is -0.154. The molecule has 0 saturated carbocycles. The van der Waals surface area contributed by atoms with Crippen LogP contribution >= 0.6 is 7.82 Å². The van der Waals surface area contributed by atoms with E-state index in [4.69, 9.17) is 23.6 Å². The first-order valence-corrected chi connectivity index (χ1v) is 25.0. The fourth-order valence-electron chi connectivity index (χ4n) is 6.95. The molecule has 3 unspecified atom stereocenters. The van der Waals surface area contributed by atoms with Crippen molar-refractivity contribution in [1.82, 2.24) is 0 Å². The Morgan fingerprint density at radius 3 is 1.18 bits per heavy atom. The molecule has 0 amide bonds. The van der Waals surface area contributed by atoms with Crippen molar-refractivity contribution in [3.05, 3.63) is 0 Å². The molecule has 0 aliphatic heterocycles. The van der Waals surface area contributed by atoms with Gasteiger partial charge in [0.2, 0.25) is 0 Å². The zero-order valence-corrected chi connectivity index (χ0v) is 37.1. The first-order valence-electron chi connectivity index (χ1n) is 23.5. The summed E-state index contributed by atoms with van der Waals surface area (Å²) in [6, 6.07) is 0. The van der Waals surface area contributed by atoms with Crippen LogP contribution in [0.2, 0.25) is 0 Å². The van der Waals surface area contributed by atoms with Crippen LogP contribution in [0.15, 0.2) is 0 Å². The minimum Gasteiger partial charge on any atom is -0.457 e. The normalized spacial score (nSPS) is 13.9. The first kappa shape index (κ1) is 54.5. The highest BCUT2D eigenvalue weighted by molar-refractivity contribution is 7.47. The molecule has 0 fully saturated rings. The Hall–Kier alpha value is -0.540. The van der Waals surface area contributed by atoms with Crippen LogP contribution in [0, 0.1) is 0 Å². The summed E-state index contributed by atoms with van der Waals surface area (Å²) >= 11 is 0. The molecular formula is C45H91O9P. The van der Waals surface area contributed by atoms with Crippen molar-refractivity contribution in [2.75, 3.05) is 33.0 Å². The molecule has 0 rings (SSSR count). The summed E-state index contributed by atoms with van der Waals surface area (Å²) in [4.78, 5) is 22.6. The van der Waals surface area contributed by atoms with Gasteiger partial charge in [-0.25, -0.2) is 4.57 Å². The number of aliphatic hydroxyl groups excluding tert-OH is 2. The van der Waals surface area contributed by atoms with Crippen LogP contribution in [0.3, 0.4) is 0 Å². The molecule has 330 valence electrons. The second kappa shape index (κ2) is 43.0. The molecule has 0 aliphatic rings. The SMILES string of the molecule is CCCCCCCCCCCCCCCCCCCCCCCCC(=O)OC(COCCCCCCCCCCCCCC)COP(=O)(O)OCC(O)CO. The van der Waals surface area contributed by atoms with Gasteiger partial charge < -0.3 is 24.6 Å². The van der Waals surface area contributed by atoms with Gasteiger partial charge in [0.25, 0.3) is 0 Å². The lowest BCUT2D eigenvalue weighted by Gasteiger charge is -2.20. The quantitative estimate of drug-likeness (QED) is 0.0312. The number of carbonyl (C=O) groups is 1. The zero-order valence-electron chi connectivity index (χ0n) is 36.2. The highest BCUT2D eigenvalue weighted by Gasteiger charge is 2.26. The van der Waals surface area contributed by atoms with Crippen LogP contribution < -0.4 is 0 Å². The van der Waals surface area contributed by atoms with Gasteiger partial charge in [-0.3, -0.25) is 13.8 Å². The second-order valence-electron chi connectivity index (χ2n) is 16.1. The number of hydrogen-bond donors (Lipinski definition) is 3. The number of phosphoric acid groups is 1.